The number of amides is 4. The molecule has 1 aliphatic rings. The zero-order chi connectivity index (χ0) is 39.8. The Balaban J connectivity index is 1.01. The van der Waals surface area contributed by atoms with Crippen LogP contribution in [0.25, 0.3) is 22.3 Å². The molecule has 0 saturated heterocycles. The van der Waals surface area contributed by atoms with Gasteiger partial charge in [0, 0.05) is 37.3 Å². The quantitative estimate of drug-likeness (QED) is 0.0462. The number of hydrogen-bond acceptors (Lipinski definition) is 14. The van der Waals surface area contributed by atoms with Crippen molar-refractivity contribution >= 4 is 93.4 Å². The molecular formula is C33H36Cl2N16O4. The van der Waals surface area contributed by atoms with Crippen LogP contribution in [0, 0.1) is 0 Å². The van der Waals surface area contributed by atoms with Gasteiger partial charge in [-0.1, -0.05) is 35.3 Å². The van der Waals surface area contributed by atoms with E-state index >= 15 is 0 Å². The van der Waals surface area contributed by atoms with Crippen molar-refractivity contribution < 1.29 is 19.2 Å². The monoisotopic (exact) mass is 790 g/mol. The van der Waals surface area contributed by atoms with Crippen LogP contribution in [0.5, 0.6) is 0 Å². The predicted molar refractivity (Wildman–Crippen MR) is 211 cm³/mol. The number of carbonyl (C=O) groups excluding carboxylic acids is 4. The lowest BCUT2D eigenvalue weighted by molar-refractivity contribution is -0.117. The first kappa shape index (κ1) is 39.4. The second kappa shape index (κ2) is 17.4. The highest BCUT2D eigenvalue weighted by Gasteiger charge is 2.24. The van der Waals surface area contributed by atoms with Gasteiger partial charge in [-0.15, -0.1) is 0 Å². The number of guanidine groups is 2. The number of nitrogen functional groups attached to an aromatic ring is 4. The van der Waals surface area contributed by atoms with E-state index in [-0.39, 0.29) is 94.6 Å². The summed E-state index contributed by atoms with van der Waals surface area (Å²) in [6, 6.07) is 11.2. The minimum Gasteiger partial charge on any atom is -0.382 e. The van der Waals surface area contributed by atoms with Gasteiger partial charge in [-0.25, -0.2) is 19.9 Å². The lowest BCUT2D eigenvalue weighted by Crippen LogP contribution is -2.38. The molecule has 286 valence electrons. The second-order valence-corrected chi connectivity index (χ2v) is 12.6. The Bertz CT molecular complexity index is 2250. The van der Waals surface area contributed by atoms with Crippen LogP contribution in [0.1, 0.15) is 53.1 Å². The normalized spacial score (nSPS) is 11.8. The zero-order valence-corrected chi connectivity index (χ0v) is 30.5. The molecular weight excluding hydrogens is 755 g/mol. The molecule has 1 aliphatic carbocycles. The maximum absolute atomic E-state index is 12.6. The number of aliphatic imine (C=N–C) groups is 2. The van der Waals surface area contributed by atoms with Crippen LogP contribution in [-0.4, -0.2) is 68.6 Å². The molecule has 0 radical (unpaired) electrons. The first-order chi connectivity index (χ1) is 26.2. The number of anilines is 6. The van der Waals surface area contributed by atoms with Crippen LogP contribution in [0.3, 0.4) is 0 Å². The van der Waals surface area contributed by atoms with Gasteiger partial charge in [0.2, 0.25) is 11.8 Å². The van der Waals surface area contributed by atoms with Gasteiger partial charge >= 0.3 is 0 Å². The molecule has 5 rings (SSSR count). The van der Waals surface area contributed by atoms with Crippen LogP contribution in [-0.2, 0) is 9.59 Å². The summed E-state index contributed by atoms with van der Waals surface area (Å²) in [4.78, 5) is 73.1. The van der Waals surface area contributed by atoms with Gasteiger partial charge in [0.25, 0.3) is 11.8 Å². The Morgan fingerprint density at radius 3 is 1.44 bits per heavy atom. The molecule has 4 amide bonds. The lowest BCUT2D eigenvalue weighted by Gasteiger charge is -2.25. The maximum Gasteiger partial charge on any atom is 0.280 e. The summed E-state index contributed by atoms with van der Waals surface area (Å²) in [5, 5.41) is 10.1. The highest BCUT2D eigenvalue weighted by molar-refractivity contribution is 6.32. The van der Waals surface area contributed by atoms with E-state index in [2.05, 4.69) is 51.2 Å². The summed E-state index contributed by atoms with van der Waals surface area (Å²) in [7, 11) is 0. The molecule has 22 heteroatoms. The van der Waals surface area contributed by atoms with Crippen molar-refractivity contribution in [3.8, 4) is 22.3 Å². The van der Waals surface area contributed by atoms with Gasteiger partial charge in [-0.05, 0) is 65.8 Å². The average molecular weight is 792 g/mol. The average Bonchev–Trinajstić information content (AvgIpc) is 3.12. The largest absolute Gasteiger partial charge is 0.382 e. The Kier molecular flexibility index (Phi) is 12.4. The summed E-state index contributed by atoms with van der Waals surface area (Å²) in [5.74, 6) is -2.88. The van der Waals surface area contributed by atoms with Crippen LogP contribution in [0.2, 0.25) is 10.3 Å². The molecule has 55 heavy (non-hydrogen) atoms. The third kappa shape index (κ3) is 10.00. The number of aromatic nitrogens is 4. The minimum atomic E-state index is -0.760. The molecule has 2 heterocycles. The number of rotatable bonds is 13. The van der Waals surface area contributed by atoms with Crippen molar-refractivity contribution in [2.45, 2.75) is 32.1 Å². The molecule has 16 N–H and O–H groups in total. The van der Waals surface area contributed by atoms with E-state index in [1.807, 2.05) is 30.3 Å². The Labute approximate surface area is 323 Å². The van der Waals surface area contributed by atoms with Gasteiger partial charge in [0.05, 0.1) is 0 Å². The summed E-state index contributed by atoms with van der Waals surface area (Å²) in [5.41, 5.74) is 38.6. The fourth-order valence-corrected chi connectivity index (χ4v) is 5.48. The fraction of sp³-hybridized carbons (Fsp3) is 0.212. The van der Waals surface area contributed by atoms with Crippen LogP contribution >= 0.6 is 23.2 Å². The van der Waals surface area contributed by atoms with Crippen molar-refractivity contribution in [1.29, 1.82) is 0 Å². The van der Waals surface area contributed by atoms with Gasteiger partial charge in [-0.3, -0.25) is 39.8 Å². The number of nitrogens with two attached hydrogens (primary N) is 6. The molecule has 0 fully saturated rings. The van der Waals surface area contributed by atoms with Crippen LogP contribution in [0.15, 0.2) is 46.4 Å². The molecule has 0 spiro atoms. The standard InChI is InChI=1S/C33H36Cl2N16O4/c34-24-28(38)48-26(36)22(46-24)30(54)50-32(40)42-10-2-1-4-20(52)44-14-6-8-16-18(12-14)17-9-7-15(13-19(16)17)45-21(53)5-3-11-43-33(41)51-31(55)23-27(37)49-29(39)25(35)47-23/h6-9,12-13H,1-5,10-11H2,(H,44,52)(H,45,53)(H4,36,38,48)(H4,37,39,49)(H3,40,42,50,54)(H3,41,43,51,55). The first-order valence-electron chi connectivity index (χ1n) is 16.5. The predicted octanol–water partition coefficient (Wildman–Crippen LogP) is 1.87. The number of unbranched alkanes of at least 4 members (excludes halogenated alkanes) is 1. The fourth-order valence-electron chi connectivity index (χ4n) is 5.23. The maximum atomic E-state index is 12.6. The number of fused-ring (bicyclic) bond motifs is 4. The Morgan fingerprint density at radius 2 is 0.982 bits per heavy atom. The van der Waals surface area contributed by atoms with Crippen molar-refractivity contribution in [3.63, 3.8) is 0 Å². The molecule has 2 aromatic carbocycles. The summed E-state index contributed by atoms with van der Waals surface area (Å²) < 4.78 is 0. The molecule has 0 aliphatic heterocycles. The lowest BCUT2D eigenvalue weighted by atomic mass is 9.80. The highest BCUT2D eigenvalue weighted by atomic mass is 35.5. The topological polar surface area (TPSA) is 349 Å². The third-order valence-electron chi connectivity index (χ3n) is 7.85. The van der Waals surface area contributed by atoms with Crippen LogP contribution < -0.4 is 55.7 Å². The van der Waals surface area contributed by atoms with Gasteiger partial charge in [0.1, 0.15) is 0 Å². The first-order valence-corrected chi connectivity index (χ1v) is 17.2. The smallest absolute Gasteiger partial charge is 0.280 e. The third-order valence-corrected chi connectivity index (χ3v) is 8.40. The van der Waals surface area contributed by atoms with Gasteiger partial charge in [0.15, 0.2) is 56.9 Å². The molecule has 0 saturated carbocycles. The van der Waals surface area contributed by atoms with E-state index in [1.165, 1.54) is 0 Å². The summed E-state index contributed by atoms with van der Waals surface area (Å²) in [6.45, 7) is 0.433. The van der Waals surface area contributed by atoms with E-state index in [0.717, 1.165) is 22.3 Å². The number of carbonyl (C=O) groups is 4. The van der Waals surface area contributed by atoms with Gasteiger partial charge in [-0.2, -0.15) is 0 Å². The molecule has 2 aromatic heterocycles. The molecule has 0 bridgehead atoms. The zero-order valence-electron chi connectivity index (χ0n) is 29.0. The van der Waals surface area contributed by atoms with E-state index in [1.54, 1.807) is 6.07 Å². The number of hydrogen-bond donors (Lipinski definition) is 10. The van der Waals surface area contributed by atoms with E-state index in [9.17, 15) is 19.2 Å². The Morgan fingerprint density at radius 1 is 0.564 bits per heavy atom. The SMILES string of the molecule is NC(=NCCCCC(=O)Nc1ccc2c(c1)-c1ccc(NC(=O)CCCN=C(N)NC(=O)c3nc(Cl)c(N)nc3N)cc1-2)NC(=O)c1nc(Cl)c(N)nc1N. The van der Waals surface area contributed by atoms with E-state index in [4.69, 9.17) is 57.6 Å². The van der Waals surface area contributed by atoms with E-state index in [0.29, 0.717) is 30.6 Å². The minimum absolute atomic E-state index is 0.106. The number of benzene rings is 2. The molecule has 0 atom stereocenters. The second-order valence-electron chi connectivity index (χ2n) is 11.9. The van der Waals surface area contributed by atoms with Crippen LogP contribution in [0.4, 0.5) is 34.6 Å². The molecule has 4 aromatic rings. The molecule has 0 unspecified atom stereocenters. The van der Waals surface area contributed by atoms with Crippen molar-refractivity contribution in [3.05, 3.63) is 58.1 Å². The number of nitrogens with zero attached hydrogens (tertiary/aromatic N) is 6. The summed E-state index contributed by atoms with van der Waals surface area (Å²) >= 11 is 11.6. The van der Waals surface area contributed by atoms with E-state index < -0.39 is 11.8 Å². The molecule has 20 nitrogen and oxygen atoms in total. The number of nitrogens with one attached hydrogen (secondary N) is 4. The summed E-state index contributed by atoms with van der Waals surface area (Å²) in [6.07, 6.45) is 1.82. The van der Waals surface area contributed by atoms with Crippen molar-refractivity contribution in [2.75, 3.05) is 46.7 Å². The van der Waals surface area contributed by atoms with Crippen molar-refractivity contribution in [1.82, 2.24) is 30.6 Å². The highest BCUT2D eigenvalue weighted by Crippen LogP contribution is 2.49. The Hall–Kier alpha value is -6.80. The van der Waals surface area contributed by atoms with Gasteiger partial charge < -0.3 is 45.0 Å². The van der Waals surface area contributed by atoms with Crippen molar-refractivity contribution in [2.24, 2.45) is 21.5 Å². The number of halogens is 2.